The van der Waals surface area contributed by atoms with Gasteiger partial charge in [0.15, 0.2) is 0 Å². The Morgan fingerprint density at radius 3 is 2.17 bits per heavy atom. The number of fused-ring (bicyclic) bond motifs is 1. The smallest absolute Gasteiger partial charge is 0.352 e. The van der Waals surface area contributed by atoms with E-state index in [4.69, 9.17) is 0 Å². The summed E-state index contributed by atoms with van der Waals surface area (Å²) in [6.07, 6.45) is -2.37. The van der Waals surface area contributed by atoms with Crippen molar-refractivity contribution >= 4 is 5.91 Å². The van der Waals surface area contributed by atoms with E-state index in [2.05, 4.69) is 10.2 Å². The Balaban J connectivity index is 1.27. The first kappa shape index (κ1) is 23.6. The fourth-order valence-electron chi connectivity index (χ4n) is 5.82. The molecule has 6 heteroatoms. The molecule has 1 amide bonds. The number of rotatable bonds is 6. The number of hydrogen-bond acceptors (Lipinski definition) is 2. The largest absolute Gasteiger partial charge is 0.416 e. The van der Waals surface area contributed by atoms with Crippen molar-refractivity contribution < 1.29 is 18.0 Å². The van der Waals surface area contributed by atoms with E-state index in [-0.39, 0.29) is 17.9 Å². The molecule has 1 saturated heterocycles. The van der Waals surface area contributed by atoms with Gasteiger partial charge in [0, 0.05) is 25.7 Å². The molecule has 2 fully saturated rings. The molecule has 0 bridgehead atoms. The average molecular weight is 479 g/mol. The van der Waals surface area contributed by atoms with Gasteiger partial charge in [-0.05, 0) is 47.4 Å². The summed E-state index contributed by atoms with van der Waals surface area (Å²) in [7, 11) is 0. The monoisotopic (exact) mass is 478 g/mol. The molecule has 3 aromatic carbocycles. The second-order valence-electron chi connectivity index (χ2n) is 9.76. The Labute approximate surface area is 204 Å². The van der Waals surface area contributed by atoms with Gasteiger partial charge in [-0.1, -0.05) is 78.9 Å². The molecule has 1 N–H and O–H groups in total. The first-order valence-corrected chi connectivity index (χ1v) is 12.2. The van der Waals surface area contributed by atoms with Crippen molar-refractivity contribution in [1.29, 1.82) is 0 Å². The molecule has 5 rings (SSSR count). The minimum atomic E-state index is -4.33. The van der Waals surface area contributed by atoms with Gasteiger partial charge in [0.05, 0.1) is 11.5 Å². The molecule has 0 aromatic heterocycles. The number of nitrogens with zero attached hydrogens (tertiary/aromatic N) is 1. The van der Waals surface area contributed by atoms with Crippen molar-refractivity contribution in [3.05, 3.63) is 107 Å². The topological polar surface area (TPSA) is 32.3 Å². The molecule has 1 heterocycles. The van der Waals surface area contributed by atoms with E-state index < -0.39 is 11.7 Å². The maximum atomic E-state index is 13.6. The van der Waals surface area contributed by atoms with Gasteiger partial charge < -0.3 is 5.32 Å². The van der Waals surface area contributed by atoms with Crippen LogP contribution in [0.5, 0.6) is 0 Å². The summed E-state index contributed by atoms with van der Waals surface area (Å²) in [6.45, 7) is 2.13. The predicted octanol–water partition coefficient (Wildman–Crippen LogP) is 5.86. The van der Waals surface area contributed by atoms with Gasteiger partial charge >= 0.3 is 6.18 Å². The Bertz CT molecular complexity index is 1110. The highest BCUT2D eigenvalue weighted by atomic mass is 19.4. The fraction of sp³-hybridized carbons (Fsp3) is 0.345. The van der Waals surface area contributed by atoms with E-state index in [1.54, 1.807) is 6.07 Å². The first-order valence-electron chi connectivity index (χ1n) is 12.2. The van der Waals surface area contributed by atoms with Crippen LogP contribution in [0, 0.1) is 11.8 Å². The van der Waals surface area contributed by atoms with Crippen LogP contribution in [0.1, 0.15) is 41.0 Å². The molecule has 0 unspecified atom stereocenters. The van der Waals surface area contributed by atoms with Crippen molar-refractivity contribution in [2.24, 2.45) is 11.8 Å². The zero-order chi connectivity index (χ0) is 24.4. The van der Waals surface area contributed by atoms with Gasteiger partial charge in [-0.25, -0.2) is 0 Å². The lowest BCUT2D eigenvalue weighted by atomic mass is 9.89. The van der Waals surface area contributed by atoms with E-state index in [9.17, 15) is 18.0 Å². The summed E-state index contributed by atoms with van der Waals surface area (Å²) in [5.74, 6) is 0.401. The second kappa shape index (κ2) is 9.86. The van der Waals surface area contributed by atoms with E-state index in [1.165, 1.54) is 12.1 Å². The third kappa shape index (κ3) is 5.27. The van der Waals surface area contributed by atoms with Crippen molar-refractivity contribution in [3.8, 4) is 0 Å². The van der Waals surface area contributed by atoms with Crippen LogP contribution in [-0.4, -0.2) is 29.9 Å². The van der Waals surface area contributed by atoms with Crippen molar-refractivity contribution in [2.75, 3.05) is 13.1 Å². The van der Waals surface area contributed by atoms with Crippen LogP contribution in [0.25, 0.3) is 0 Å². The van der Waals surface area contributed by atoms with Crippen LogP contribution in [0.15, 0.2) is 84.9 Å². The molecular formula is C29H29F3N2O. The third-order valence-corrected chi connectivity index (χ3v) is 7.45. The number of hydrogen-bond donors (Lipinski definition) is 1. The summed E-state index contributed by atoms with van der Waals surface area (Å²) in [6, 6.07) is 25.3. The summed E-state index contributed by atoms with van der Waals surface area (Å²) in [4.78, 5) is 15.8. The summed E-state index contributed by atoms with van der Waals surface area (Å²) < 4.78 is 39.3. The lowest BCUT2D eigenvalue weighted by Crippen LogP contribution is -2.42. The van der Waals surface area contributed by atoms with Crippen LogP contribution in [-0.2, 0) is 17.5 Å². The number of amides is 1. The lowest BCUT2D eigenvalue weighted by molar-refractivity contribution is -0.137. The zero-order valence-corrected chi connectivity index (χ0v) is 19.4. The van der Waals surface area contributed by atoms with Gasteiger partial charge in [0.25, 0.3) is 0 Å². The van der Waals surface area contributed by atoms with Crippen molar-refractivity contribution in [3.63, 3.8) is 0 Å². The Morgan fingerprint density at radius 2 is 1.54 bits per heavy atom. The summed E-state index contributed by atoms with van der Waals surface area (Å²) in [5, 5.41) is 3.35. The minimum Gasteiger partial charge on any atom is -0.352 e. The van der Waals surface area contributed by atoms with E-state index in [0.717, 1.165) is 43.1 Å². The average Bonchev–Trinajstić information content (AvgIpc) is 3.41. The number of benzene rings is 3. The Morgan fingerprint density at radius 1 is 0.886 bits per heavy atom. The highest BCUT2D eigenvalue weighted by Crippen LogP contribution is 2.39. The molecule has 1 saturated carbocycles. The molecular weight excluding hydrogens is 449 g/mol. The molecule has 3 nitrogen and oxygen atoms in total. The van der Waals surface area contributed by atoms with Crippen LogP contribution in [0.2, 0.25) is 0 Å². The number of carbonyl (C=O) groups is 1. The summed E-state index contributed by atoms with van der Waals surface area (Å²) >= 11 is 0. The molecule has 3 atom stereocenters. The predicted molar refractivity (Wildman–Crippen MR) is 130 cm³/mol. The molecule has 0 radical (unpaired) electrons. The van der Waals surface area contributed by atoms with E-state index >= 15 is 0 Å². The fourth-order valence-corrected chi connectivity index (χ4v) is 5.82. The lowest BCUT2D eigenvalue weighted by Gasteiger charge is -2.25. The quantitative estimate of drug-likeness (QED) is 0.481. The molecule has 2 aliphatic rings. The molecule has 35 heavy (non-hydrogen) atoms. The first-order chi connectivity index (χ1) is 16.9. The maximum Gasteiger partial charge on any atom is 0.416 e. The van der Waals surface area contributed by atoms with E-state index in [1.807, 2.05) is 60.7 Å². The Kier molecular flexibility index (Phi) is 6.65. The molecule has 1 aliphatic carbocycles. The molecule has 0 spiro atoms. The summed E-state index contributed by atoms with van der Waals surface area (Å²) in [5.41, 5.74) is 1.99. The number of alkyl halides is 3. The number of halogens is 3. The molecule has 3 aromatic rings. The number of carbonyl (C=O) groups excluding carboxylic acids is 1. The number of nitrogens with one attached hydrogen (secondary N) is 1. The number of likely N-dealkylation sites (tertiary alicyclic amines) is 1. The van der Waals surface area contributed by atoms with Crippen LogP contribution < -0.4 is 5.32 Å². The Hall–Kier alpha value is -3.12. The van der Waals surface area contributed by atoms with Gasteiger partial charge in [-0.15, -0.1) is 0 Å². The minimum absolute atomic E-state index is 0.00405. The van der Waals surface area contributed by atoms with Crippen LogP contribution in [0.4, 0.5) is 13.2 Å². The SMILES string of the molecule is O=C(N[C@H]1CC[C@H]2CN(Cc3cccc(C(F)(F)F)c3)C[C@H]21)C(c1ccccc1)c1ccccc1. The van der Waals surface area contributed by atoms with Crippen LogP contribution in [0.3, 0.4) is 0 Å². The highest BCUT2D eigenvalue weighted by molar-refractivity contribution is 5.87. The van der Waals surface area contributed by atoms with Crippen molar-refractivity contribution in [1.82, 2.24) is 10.2 Å². The highest BCUT2D eigenvalue weighted by Gasteiger charge is 2.43. The van der Waals surface area contributed by atoms with Gasteiger partial charge in [0.2, 0.25) is 5.91 Å². The second-order valence-corrected chi connectivity index (χ2v) is 9.76. The van der Waals surface area contributed by atoms with Gasteiger partial charge in [0.1, 0.15) is 0 Å². The van der Waals surface area contributed by atoms with Crippen molar-refractivity contribution in [2.45, 2.75) is 37.5 Å². The third-order valence-electron chi connectivity index (χ3n) is 7.45. The van der Waals surface area contributed by atoms with Crippen LogP contribution >= 0.6 is 0 Å². The zero-order valence-electron chi connectivity index (χ0n) is 19.4. The molecule has 1 aliphatic heterocycles. The maximum absolute atomic E-state index is 13.6. The standard InChI is InChI=1S/C29H29F3N2O/c30-29(31,32)24-13-7-8-20(16-24)17-34-18-23-14-15-26(25(23)19-34)33-28(35)27(21-9-3-1-4-10-21)22-11-5-2-6-12-22/h1-13,16,23,25-27H,14-15,17-19H2,(H,33,35)/t23-,25+,26-/m0/s1. The normalized spacial score (nSPS) is 22.3. The van der Waals surface area contributed by atoms with E-state index in [0.29, 0.717) is 23.9 Å². The van der Waals surface area contributed by atoms with Gasteiger partial charge in [-0.2, -0.15) is 13.2 Å². The van der Waals surface area contributed by atoms with Gasteiger partial charge in [-0.3, -0.25) is 9.69 Å². The molecule has 182 valence electrons.